The molecule has 116 valence electrons. The molecule has 1 aromatic rings. The first-order chi connectivity index (χ1) is 10.1. The van der Waals surface area contributed by atoms with Crippen LogP contribution < -0.4 is 16.0 Å². The minimum Gasteiger partial charge on any atom is -0.355 e. The maximum atomic E-state index is 11.6. The molecule has 0 bridgehead atoms. The minimum atomic E-state index is -0.353. The van der Waals surface area contributed by atoms with Gasteiger partial charge < -0.3 is 16.0 Å². The van der Waals surface area contributed by atoms with Crippen LogP contribution in [-0.2, 0) is 11.2 Å². The number of likely N-dealkylation sites (N-methyl/N-ethyl adjacent to an activating group) is 1. The molecule has 4 nitrogen and oxygen atoms in total. The van der Waals surface area contributed by atoms with Gasteiger partial charge in [-0.15, -0.1) is 0 Å². The third-order valence-electron chi connectivity index (χ3n) is 3.12. The van der Waals surface area contributed by atoms with Gasteiger partial charge in [-0.25, -0.2) is 0 Å². The zero-order chi connectivity index (χ0) is 15.7. The molecule has 0 radical (unpaired) electrons. The van der Waals surface area contributed by atoms with Crippen molar-refractivity contribution in [2.75, 3.05) is 11.9 Å². The van der Waals surface area contributed by atoms with Gasteiger partial charge in [-0.3, -0.25) is 4.79 Å². The fraction of sp³-hybridized carbons (Fsp3) is 0.500. The molecule has 0 aliphatic carbocycles. The normalized spacial score (nSPS) is 11.6. The van der Waals surface area contributed by atoms with E-state index in [-0.39, 0.29) is 11.9 Å². The second-order valence-electron chi connectivity index (χ2n) is 5.02. The monoisotopic (exact) mass is 307 g/mol. The van der Waals surface area contributed by atoms with E-state index < -0.39 is 0 Å². The predicted octanol–water partition coefficient (Wildman–Crippen LogP) is 2.84. The standard InChI is InChI=1S/C16H25N3OS/c1-4-6-7-13-8-10-14(11-9-13)19-16(21)18-12(3)15(20)17-5-2/h8-12H,4-7H2,1-3H3,(H,17,20)(H2,18,19,21)/t12-/m1/s1. The maximum absolute atomic E-state index is 11.6. The molecule has 0 aliphatic heterocycles. The summed E-state index contributed by atoms with van der Waals surface area (Å²) in [7, 11) is 0. The topological polar surface area (TPSA) is 53.2 Å². The number of aryl methyl sites for hydroxylation is 1. The number of rotatable bonds is 7. The van der Waals surface area contributed by atoms with E-state index in [2.05, 4.69) is 35.0 Å². The zero-order valence-corrected chi connectivity index (χ0v) is 13.8. The third kappa shape index (κ3) is 6.58. The van der Waals surface area contributed by atoms with Gasteiger partial charge >= 0.3 is 0 Å². The van der Waals surface area contributed by atoms with Gasteiger partial charge in [-0.05, 0) is 56.6 Å². The fourth-order valence-corrected chi connectivity index (χ4v) is 2.19. The van der Waals surface area contributed by atoms with Crippen LogP contribution in [0.4, 0.5) is 5.69 Å². The molecule has 5 heteroatoms. The summed E-state index contributed by atoms with van der Waals surface area (Å²) < 4.78 is 0. The number of anilines is 1. The lowest BCUT2D eigenvalue weighted by atomic mass is 10.1. The Kier molecular flexibility index (Phi) is 7.75. The molecular formula is C16H25N3OS. The molecule has 3 N–H and O–H groups in total. The number of benzene rings is 1. The summed E-state index contributed by atoms with van der Waals surface area (Å²) in [6.45, 7) is 6.48. The van der Waals surface area contributed by atoms with Gasteiger partial charge in [0.15, 0.2) is 5.11 Å². The first-order valence-corrected chi connectivity index (χ1v) is 7.91. The number of thiocarbonyl (C=S) groups is 1. The number of nitrogens with one attached hydrogen (secondary N) is 3. The van der Waals surface area contributed by atoms with Gasteiger partial charge in [0.2, 0.25) is 5.91 Å². The first-order valence-electron chi connectivity index (χ1n) is 7.51. The molecule has 0 saturated carbocycles. The molecule has 1 rings (SSSR count). The molecule has 0 unspecified atom stereocenters. The van der Waals surface area contributed by atoms with E-state index >= 15 is 0 Å². The number of unbranched alkanes of at least 4 members (excludes halogenated alkanes) is 1. The molecule has 0 aromatic heterocycles. The Labute approximate surface area is 132 Å². The Morgan fingerprint density at radius 3 is 2.48 bits per heavy atom. The Morgan fingerprint density at radius 2 is 1.90 bits per heavy atom. The lowest BCUT2D eigenvalue weighted by Gasteiger charge is -2.16. The summed E-state index contributed by atoms with van der Waals surface area (Å²) in [4.78, 5) is 11.6. The van der Waals surface area contributed by atoms with Crippen molar-refractivity contribution in [3.63, 3.8) is 0 Å². The number of amides is 1. The maximum Gasteiger partial charge on any atom is 0.242 e. The van der Waals surface area contributed by atoms with Crippen LogP contribution in [0.15, 0.2) is 24.3 Å². The molecule has 1 aromatic carbocycles. The highest BCUT2D eigenvalue weighted by atomic mass is 32.1. The molecule has 0 heterocycles. The van der Waals surface area contributed by atoms with Crippen LogP contribution >= 0.6 is 12.2 Å². The van der Waals surface area contributed by atoms with Crippen molar-refractivity contribution in [2.45, 2.75) is 46.1 Å². The van der Waals surface area contributed by atoms with Crippen molar-refractivity contribution in [1.82, 2.24) is 10.6 Å². The van der Waals surface area contributed by atoms with Gasteiger partial charge in [0.05, 0.1) is 0 Å². The molecule has 0 fully saturated rings. The van der Waals surface area contributed by atoms with E-state index in [0.717, 1.165) is 12.1 Å². The predicted molar refractivity (Wildman–Crippen MR) is 92.6 cm³/mol. The summed E-state index contributed by atoms with van der Waals surface area (Å²) in [5, 5.41) is 9.27. The van der Waals surface area contributed by atoms with Crippen molar-refractivity contribution in [2.24, 2.45) is 0 Å². The van der Waals surface area contributed by atoms with E-state index in [0.29, 0.717) is 11.7 Å². The van der Waals surface area contributed by atoms with Crippen molar-refractivity contribution >= 4 is 28.9 Å². The highest BCUT2D eigenvalue weighted by Gasteiger charge is 2.12. The Hall–Kier alpha value is -1.62. The molecule has 1 amide bonds. The molecular weight excluding hydrogens is 282 g/mol. The zero-order valence-electron chi connectivity index (χ0n) is 13.0. The van der Waals surface area contributed by atoms with Gasteiger partial charge in [-0.1, -0.05) is 25.5 Å². The van der Waals surface area contributed by atoms with Crippen molar-refractivity contribution < 1.29 is 4.79 Å². The van der Waals surface area contributed by atoms with Crippen LogP contribution in [-0.4, -0.2) is 23.6 Å². The summed E-state index contributed by atoms with van der Waals surface area (Å²) >= 11 is 5.22. The Morgan fingerprint density at radius 1 is 1.24 bits per heavy atom. The highest BCUT2D eigenvalue weighted by Crippen LogP contribution is 2.11. The average Bonchev–Trinajstić information content (AvgIpc) is 2.46. The summed E-state index contributed by atoms with van der Waals surface area (Å²) in [6.07, 6.45) is 3.51. The summed E-state index contributed by atoms with van der Waals surface area (Å²) in [5.41, 5.74) is 2.26. The first kappa shape index (κ1) is 17.4. The van der Waals surface area contributed by atoms with Gasteiger partial charge in [0, 0.05) is 12.2 Å². The van der Waals surface area contributed by atoms with E-state index in [1.54, 1.807) is 6.92 Å². The van der Waals surface area contributed by atoms with E-state index in [9.17, 15) is 4.79 Å². The van der Waals surface area contributed by atoms with Crippen LogP contribution in [0, 0.1) is 0 Å². The average molecular weight is 307 g/mol. The van der Waals surface area contributed by atoms with E-state index in [1.165, 1.54) is 18.4 Å². The van der Waals surface area contributed by atoms with Crippen molar-refractivity contribution in [3.8, 4) is 0 Å². The van der Waals surface area contributed by atoms with Crippen LogP contribution in [0.5, 0.6) is 0 Å². The van der Waals surface area contributed by atoms with Crippen molar-refractivity contribution in [1.29, 1.82) is 0 Å². The number of carbonyl (C=O) groups is 1. The fourth-order valence-electron chi connectivity index (χ4n) is 1.89. The highest BCUT2D eigenvalue weighted by molar-refractivity contribution is 7.80. The third-order valence-corrected chi connectivity index (χ3v) is 3.34. The number of carbonyl (C=O) groups excluding carboxylic acids is 1. The lowest BCUT2D eigenvalue weighted by Crippen LogP contribution is -2.46. The van der Waals surface area contributed by atoms with Crippen LogP contribution in [0.3, 0.4) is 0 Å². The smallest absolute Gasteiger partial charge is 0.242 e. The summed E-state index contributed by atoms with van der Waals surface area (Å²) in [6, 6.07) is 7.88. The Balaban J connectivity index is 2.45. The van der Waals surface area contributed by atoms with Crippen molar-refractivity contribution in [3.05, 3.63) is 29.8 Å². The van der Waals surface area contributed by atoms with Gasteiger partial charge in [0.1, 0.15) is 6.04 Å². The largest absolute Gasteiger partial charge is 0.355 e. The molecule has 0 aliphatic rings. The Bertz CT molecular complexity index is 459. The molecule has 0 spiro atoms. The molecule has 0 saturated heterocycles. The lowest BCUT2D eigenvalue weighted by molar-refractivity contribution is -0.122. The molecule has 1 atom stereocenters. The quantitative estimate of drug-likeness (QED) is 0.678. The molecule has 21 heavy (non-hydrogen) atoms. The van der Waals surface area contributed by atoms with Crippen LogP contribution in [0.25, 0.3) is 0 Å². The van der Waals surface area contributed by atoms with Crippen LogP contribution in [0.2, 0.25) is 0 Å². The second kappa shape index (κ2) is 9.34. The van der Waals surface area contributed by atoms with E-state index in [4.69, 9.17) is 12.2 Å². The minimum absolute atomic E-state index is 0.0587. The SMILES string of the molecule is CCCCc1ccc(NC(=S)N[C@H](C)C(=O)NCC)cc1. The second-order valence-corrected chi connectivity index (χ2v) is 5.42. The summed E-state index contributed by atoms with van der Waals surface area (Å²) in [5.74, 6) is -0.0587. The number of hydrogen-bond acceptors (Lipinski definition) is 2. The number of hydrogen-bond donors (Lipinski definition) is 3. The van der Waals surface area contributed by atoms with Gasteiger partial charge in [-0.2, -0.15) is 0 Å². The van der Waals surface area contributed by atoms with Crippen LogP contribution in [0.1, 0.15) is 39.2 Å². The van der Waals surface area contributed by atoms with E-state index in [1.807, 2.05) is 19.1 Å². The van der Waals surface area contributed by atoms with Gasteiger partial charge in [0.25, 0.3) is 0 Å².